The molecule has 0 radical (unpaired) electrons. The molecule has 2 aliphatic rings. The van der Waals surface area contributed by atoms with Gasteiger partial charge < -0.3 is 4.90 Å². The lowest BCUT2D eigenvalue weighted by molar-refractivity contribution is 0.271. The molecule has 1 aromatic heterocycles. The van der Waals surface area contributed by atoms with Gasteiger partial charge in [-0.2, -0.15) is 0 Å². The molecule has 4 rings (SSSR count). The standard InChI is InChI=1S/C19H22N4S/c1-2-6-16(7-3-1)15-24-19-13-20-12-18(21-19)23-11-8-17(14-23)22-9-4-5-10-22/h1-7,12-13,17H,8-11,14-15H2. The maximum absolute atomic E-state index is 4.82. The van der Waals surface area contributed by atoms with E-state index in [1.54, 1.807) is 11.8 Å². The summed E-state index contributed by atoms with van der Waals surface area (Å²) in [6.07, 6.45) is 9.52. The van der Waals surface area contributed by atoms with Crippen LogP contribution in [-0.2, 0) is 5.75 Å². The van der Waals surface area contributed by atoms with E-state index < -0.39 is 0 Å². The van der Waals surface area contributed by atoms with Crippen molar-refractivity contribution in [2.24, 2.45) is 0 Å². The van der Waals surface area contributed by atoms with Gasteiger partial charge in [-0.3, -0.25) is 9.88 Å². The molecule has 2 aromatic rings. The van der Waals surface area contributed by atoms with Crippen LogP contribution in [0.3, 0.4) is 0 Å². The fourth-order valence-corrected chi connectivity index (χ4v) is 4.13. The highest BCUT2D eigenvalue weighted by molar-refractivity contribution is 7.98. The van der Waals surface area contributed by atoms with Gasteiger partial charge in [-0.25, -0.2) is 4.98 Å². The molecule has 0 N–H and O–H groups in total. The monoisotopic (exact) mass is 338 g/mol. The molecule has 0 amide bonds. The number of anilines is 1. The van der Waals surface area contributed by atoms with E-state index in [9.17, 15) is 0 Å². The van der Waals surface area contributed by atoms with Gasteiger partial charge in [0.25, 0.3) is 0 Å². The molecule has 0 saturated carbocycles. The Labute approximate surface area is 147 Å². The van der Waals surface area contributed by atoms with Crippen molar-refractivity contribution in [3.05, 3.63) is 60.4 Å². The van der Waals surface area contributed by atoms with Crippen LogP contribution in [0.25, 0.3) is 0 Å². The van der Waals surface area contributed by atoms with E-state index in [-0.39, 0.29) is 0 Å². The van der Waals surface area contributed by atoms with Gasteiger partial charge in [0.05, 0.1) is 12.4 Å². The number of hydrogen-bond donors (Lipinski definition) is 0. The van der Waals surface area contributed by atoms with Crippen LogP contribution in [0.1, 0.15) is 12.0 Å². The molecule has 24 heavy (non-hydrogen) atoms. The maximum Gasteiger partial charge on any atom is 0.148 e. The molecule has 5 heteroatoms. The Morgan fingerprint density at radius 2 is 1.92 bits per heavy atom. The number of nitrogens with zero attached hydrogens (tertiary/aromatic N) is 4. The van der Waals surface area contributed by atoms with Crippen molar-refractivity contribution in [3.63, 3.8) is 0 Å². The summed E-state index contributed by atoms with van der Waals surface area (Å²) in [5.41, 5.74) is 1.32. The first-order valence-electron chi connectivity index (χ1n) is 8.51. The number of benzene rings is 1. The van der Waals surface area contributed by atoms with Gasteiger partial charge in [0, 0.05) is 38.0 Å². The van der Waals surface area contributed by atoms with E-state index in [0.29, 0.717) is 6.04 Å². The first-order chi connectivity index (χ1) is 11.9. The Morgan fingerprint density at radius 3 is 2.75 bits per heavy atom. The summed E-state index contributed by atoms with van der Waals surface area (Å²) < 4.78 is 0. The Morgan fingerprint density at radius 1 is 1.08 bits per heavy atom. The zero-order valence-electron chi connectivity index (χ0n) is 13.7. The van der Waals surface area contributed by atoms with E-state index in [0.717, 1.165) is 42.8 Å². The minimum Gasteiger partial charge on any atom is -0.354 e. The average Bonchev–Trinajstić information content (AvgIpc) is 3.32. The van der Waals surface area contributed by atoms with Gasteiger partial charge in [0.2, 0.25) is 0 Å². The van der Waals surface area contributed by atoms with Crippen LogP contribution in [-0.4, -0.2) is 47.1 Å². The lowest BCUT2D eigenvalue weighted by Crippen LogP contribution is -2.35. The van der Waals surface area contributed by atoms with Gasteiger partial charge in [-0.15, -0.1) is 11.8 Å². The van der Waals surface area contributed by atoms with Crippen LogP contribution < -0.4 is 4.90 Å². The smallest absolute Gasteiger partial charge is 0.148 e. The number of rotatable bonds is 5. The van der Waals surface area contributed by atoms with Crippen LogP contribution in [0.2, 0.25) is 0 Å². The molecule has 1 fully saturated rings. The molecule has 4 nitrogen and oxygen atoms in total. The number of aromatic nitrogens is 2. The lowest BCUT2D eigenvalue weighted by atomic mass is 10.2. The van der Waals surface area contributed by atoms with Gasteiger partial charge in [-0.05, 0) is 12.0 Å². The zero-order valence-corrected chi connectivity index (χ0v) is 14.5. The lowest BCUT2D eigenvalue weighted by Gasteiger charge is -2.24. The van der Waals surface area contributed by atoms with Crippen LogP contribution >= 0.6 is 11.8 Å². The largest absolute Gasteiger partial charge is 0.354 e. The van der Waals surface area contributed by atoms with Crippen LogP contribution in [0.5, 0.6) is 0 Å². The Kier molecular flexibility index (Phi) is 4.81. The molecule has 1 atom stereocenters. The van der Waals surface area contributed by atoms with Gasteiger partial charge in [-0.1, -0.05) is 42.5 Å². The summed E-state index contributed by atoms with van der Waals surface area (Å²) in [5.74, 6) is 1.95. The third-order valence-electron chi connectivity index (χ3n) is 4.68. The second-order valence-corrected chi connectivity index (χ2v) is 7.30. The topological polar surface area (TPSA) is 32.3 Å². The molecule has 0 spiro atoms. The summed E-state index contributed by atoms with van der Waals surface area (Å²) in [7, 11) is 0. The fraction of sp³-hybridized carbons (Fsp3) is 0.368. The third kappa shape index (κ3) is 3.62. The predicted octanol–water partition coefficient (Wildman–Crippen LogP) is 3.22. The summed E-state index contributed by atoms with van der Waals surface area (Å²) in [4.78, 5) is 14.2. The number of thioether (sulfide) groups is 1. The quantitative estimate of drug-likeness (QED) is 0.617. The summed E-state index contributed by atoms with van der Waals surface area (Å²) >= 11 is 1.75. The van der Waals surface area contributed by atoms with Crippen LogP contribution in [0.4, 0.5) is 5.82 Å². The Balaban J connectivity index is 1.38. The Hall–Kier alpha value is -1.85. The molecule has 0 bridgehead atoms. The number of hydrogen-bond acceptors (Lipinski definition) is 5. The van der Waals surface area contributed by atoms with E-state index >= 15 is 0 Å². The zero-order chi connectivity index (χ0) is 16.2. The first-order valence-corrected chi connectivity index (χ1v) is 9.50. The van der Waals surface area contributed by atoms with Crippen molar-refractivity contribution in [2.45, 2.75) is 23.2 Å². The summed E-state index contributed by atoms with van der Waals surface area (Å²) in [5, 5.41) is 1.00. The van der Waals surface area contributed by atoms with Crippen molar-refractivity contribution in [3.8, 4) is 0 Å². The third-order valence-corrected chi connectivity index (χ3v) is 5.65. The second kappa shape index (κ2) is 7.36. The van der Waals surface area contributed by atoms with Crippen molar-refractivity contribution in [1.29, 1.82) is 0 Å². The van der Waals surface area contributed by atoms with Crippen molar-refractivity contribution in [2.75, 3.05) is 31.1 Å². The summed E-state index contributed by atoms with van der Waals surface area (Å²) in [6, 6.07) is 11.2. The van der Waals surface area contributed by atoms with Crippen LogP contribution in [0.15, 0.2) is 59.9 Å². The van der Waals surface area contributed by atoms with Crippen LogP contribution in [0, 0.1) is 0 Å². The average molecular weight is 338 g/mol. The molecular weight excluding hydrogens is 316 g/mol. The highest BCUT2D eigenvalue weighted by Gasteiger charge is 2.28. The predicted molar refractivity (Wildman–Crippen MR) is 99.4 cm³/mol. The highest BCUT2D eigenvalue weighted by atomic mass is 32.2. The molecule has 1 saturated heterocycles. The van der Waals surface area contributed by atoms with E-state index in [2.05, 4.69) is 51.2 Å². The summed E-state index contributed by atoms with van der Waals surface area (Å²) in [6.45, 7) is 4.32. The molecule has 0 aliphatic carbocycles. The highest BCUT2D eigenvalue weighted by Crippen LogP contribution is 2.25. The minimum absolute atomic E-state index is 0.641. The molecular formula is C19H22N4S. The molecule has 124 valence electrons. The fourth-order valence-electron chi connectivity index (χ4n) is 3.33. The van der Waals surface area contributed by atoms with E-state index in [1.165, 1.54) is 12.0 Å². The normalized spacial score (nSPS) is 20.8. The molecule has 2 aliphatic heterocycles. The van der Waals surface area contributed by atoms with Gasteiger partial charge in [0.1, 0.15) is 10.8 Å². The second-order valence-electron chi connectivity index (χ2n) is 6.30. The molecule has 3 heterocycles. The van der Waals surface area contributed by atoms with Crippen molar-refractivity contribution in [1.82, 2.24) is 14.9 Å². The minimum atomic E-state index is 0.641. The van der Waals surface area contributed by atoms with Gasteiger partial charge in [0.15, 0.2) is 0 Å². The van der Waals surface area contributed by atoms with Gasteiger partial charge >= 0.3 is 0 Å². The van der Waals surface area contributed by atoms with E-state index in [1.807, 2.05) is 18.5 Å². The van der Waals surface area contributed by atoms with E-state index in [4.69, 9.17) is 4.98 Å². The van der Waals surface area contributed by atoms with Crippen molar-refractivity contribution >= 4 is 17.6 Å². The first kappa shape index (κ1) is 15.7. The molecule has 1 aromatic carbocycles. The molecule has 1 unspecified atom stereocenters. The Bertz CT molecular complexity index is 696. The SMILES string of the molecule is C1=CCN(C2CCN(c3cncc(SCc4ccccc4)n3)C2)C1. The maximum atomic E-state index is 4.82. The van der Waals surface area contributed by atoms with Crippen molar-refractivity contribution < 1.29 is 0 Å².